The SMILES string of the molecule is CC(C)=O.Cc1[nH]c2cc([C@]3(c4c[nH]c5ccccc45)C(=O)N(Cc4ccccc4)c4ccccc43)ccc2c1C. The lowest BCUT2D eigenvalue weighted by molar-refractivity contribution is -0.120. The zero-order valence-corrected chi connectivity index (χ0v) is 23.8. The largest absolute Gasteiger partial charge is 0.361 e. The van der Waals surface area contributed by atoms with Crippen molar-refractivity contribution in [2.45, 2.75) is 39.7 Å². The molecule has 7 rings (SSSR count). The number of amides is 1. The number of fused-ring (bicyclic) bond motifs is 3. The van der Waals surface area contributed by atoms with Gasteiger partial charge in [-0.15, -0.1) is 0 Å². The van der Waals surface area contributed by atoms with E-state index in [4.69, 9.17) is 0 Å². The predicted molar refractivity (Wildman–Crippen MR) is 166 cm³/mol. The monoisotopic (exact) mass is 539 g/mol. The van der Waals surface area contributed by atoms with E-state index in [0.717, 1.165) is 50.1 Å². The molecule has 3 heterocycles. The number of carbonyl (C=O) groups excluding carboxylic acids is 2. The molecule has 1 aliphatic heterocycles. The molecule has 2 N–H and O–H groups in total. The van der Waals surface area contributed by atoms with E-state index in [1.807, 2.05) is 53.6 Å². The third-order valence-corrected chi connectivity index (χ3v) is 8.08. The number of rotatable bonds is 4. The van der Waals surface area contributed by atoms with Gasteiger partial charge in [-0.2, -0.15) is 0 Å². The Bertz CT molecular complexity index is 1910. The molecule has 204 valence electrons. The summed E-state index contributed by atoms with van der Waals surface area (Å²) >= 11 is 0. The van der Waals surface area contributed by atoms with Gasteiger partial charge in [-0.3, -0.25) is 4.79 Å². The number of anilines is 1. The molecular formula is C36H33N3O2. The van der Waals surface area contributed by atoms with E-state index in [1.54, 1.807) is 0 Å². The molecule has 0 saturated heterocycles. The highest BCUT2D eigenvalue weighted by molar-refractivity contribution is 6.15. The van der Waals surface area contributed by atoms with Gasteiger partial charge >= 0.3 is 0 Å². The number of ketones is 1. The number of Topliss-reactive ketones (excluding diaryl/α,β-unsaturated/α-hetero) is 1. The van der Waals surface area contributed by atoms with Gasteiger partial charge in [-0.05, 0) is 62.6 Å². The Morgan fingerprint density at radius 1 is 0.780 bits per heavy atom. The van der Waals surface area contributed by atoms with Crippen molar-refractivity contribution in [3.05, 3.63) is 137 Å². The molecule has 6 aromatic rings. The van der Waals surface area contributed by atoms with Crippen LogP contribution in [-0.2, 0) is 21.5 Å². The van der Waals surface area contributed by atoms with Crippen molar-refractivity contribution in [2.75, 3.05) is 4.90 Å². The quantitative estimate of drug-likeness (QED) is 0.241. The highest BCUT2D eigenvalue weighted by Crippen LogP contribution is 2.52. The maximum Gasteiger partial charge on any atom is 0.247 e. The summed E-state index contributed by atoms with van der Waals surface area (Å²) in [5.41, 5.74) is 8.52. The summed E-state index contributed by atoms with van der Waals surface area (Å²) in [7, 11) is 0. The van der Waals surface area contributed by atoms with Gasteiger partial charge in [0.2, 0.25) is 5.91 Å². The van der Waals surface area contributed by atoms with Crippen LogP contribution in [0.5, 0.6) is 0 Å². The zero-order valence-electron chi connectivity index (χ0n) is 23.8. The third kappa shape index (κ3) is 4.25. The van der Waals surface area contributed by atoms with Crippen LogP contribution in [0.25, 0.3) is 21.8 Å². The van der Waals surface area contributed by atoms with Gasteiger partial charge in [-0.1, -0.05) is 78.9 Å². The summed E-state index contributed by atoms with van der Waals surface area (Å²) in [6.07, 6.45) is 2.03. The van der Waals surface area contributed by atoms with Gasteiger partial charge in [0.25, 0.3) is 0 Å². The average molecular weight is 540 g/mol. The van der Waals surface area contributed by atoms with Crippen LogP contribution in [-0.4, -0.2) is 21.7 Å². The Hall–Kier alpha value is -4.90. The fourth-order valence-electron chi connectivity index (χ4n) is 6.16. The van der Waals surface area contributed by atoms with Crippen LogP contribution in [0.2, 0.25) is 0 Å². The second-order valence-electron chi connectivity index (χ2n) is 10.9. The van der Waals surface area contributed by atoms with Crippen molar-refractivity contribution in [3.8, 4) is 0 Å². The van der Waals surface area contributed by atoms with E-state index < -0.39 is 5.41 Å². The van der Waals surface area contributed by atoms with Crippen molar-refractivity contribution in [1.29, 1.82) is 0 Å². The number of aromatic amines is 2. The highest BCUT2D eigenvalue weighted by Gasteiger charge is 2.54. The average Bonchev–Trinajstić information content (AvgIpc) is 3.60. The molecule has 1 aliphatic rings. The van der Waals surface area contributed by atoms with Crippen molar-refractivity contribution in [3.63, 3.8) is 0 Å². The van der Waals surface area contributed by atoms with Crippen molar-refractivity contribution in [2.24, 2.45) is 0 Å². The minimum Gasteiger partial charge on any atom is -0.361 e. The Labute approximate surface area is 239 Å². The number of H-pyrrole nitrogens is 2. The number of nitrogens with zero attached hydrogens (tertiary/aromatic N) is 1. The van der Waals surface area contributed by atoms with Gasteiger partial charge in [-0.25, -0.2) is 0 Å². The van der Waals surface area contributed by atoms with Crippen LogP contribution in [0.3, 0.4) is 0 Å². The van der Waals surface area contributed by atoms with E-state index in [1.165, 1.54) is 24.8 Å². The Kier molecular flexibility index (Phi) is 6.58. The zero-order chi connectivity index (χ0) is 28.7. The first-order chi connectivity index (χ1) is 19.8. The normalized spacial score (nSPS) is 16.1. The van der Waals surface area contributed by atoms with Crippen LogP contribution in [0.15, 0.2) is 103 Å². The van der Waals surface area contributed by atoms with Gasteiger partial charge in [0.1, 0.15) is 11.2 Å². The van der Waals surface area contributed by atoms with Crippen LogP contribution in [0, 0.1) is 13.8 Å². The number of aromatic nitrogens is 2. The van der Waals surface area contributed by atoms with E-state index in [-0.39, 0.29) is 11.7 Å². The van der Waals surface area contributed by atoms with E-state index in [0.29, 0.717) is 6.54 Å². The maximum atomic E-state index is 14.9. The fourth-order valence-corrected chi connectivity index (χ4v) is 6.16. The molecule has 4 aromatic carbocycles. The molecule has 5 heteroatoms. The maximum absolute atomic E-state index is 14.9. The van der Waals surface area contributed by atoms with Crippen LogP contribution >= 0.6 is 0 Å². The van der Waals surface area contributed by atoms with Crippen LogP contribution in [0.4, 0.5) is 5.69 Å². The van der Waals surface area contributed by atoms with E-state index in [2.05, 4.69) is 78.4 Å². The molecular weight excluding hydrogens is 506 g/mol. The number of carbonyl (C=O) groups is 2. The van der Waals surface area contributed by atoms with Gasteiger partial charge in [0.05, 0.1) is 6.54 Å². The van der Waals surface area contributed by atoms with Crippen molar-refractivity contribution in [1.82, 2.24) is 9.97 Å². The van der Waals surface area contributed by atoms with E-state index >= 15 is 0 Å². The molecule has 0 bridgehead atoms. The Morgan fingerprint density at radius 3 is 2.24 bits per heavy atom. The summed E-state index contributed by atoms with van der Waals surface area (Å²) < 4.78 is 0. The molecule has 0 saturated carbocycles. The number of nitrogens with one attached hydrogen (secondary N) is 2. The summed E-state index contributed by atoms with van der Waals surface area (Å²) in [6, 6.07) is 33.2. The molecule has 0 aliphatic carbocycles. The number of aryl methyl sites for hydroxylation is 2. The van der Waals surface area contributed by atoms with Gasteiger partial charge in [0.15, 0.2) is 0 Å². The van der Waals surface area contributed by atoms with Crippen LogP contribution < -0.4 is 4.90 Å². The molecule has 0 unspecified atom stereocenters. The first kappa shape index (κ1) is 26.3. The minimum atomic E-state index is -0.980. The third-order valence-electron chi connectivity index (χ3n) is 8.08. The molecule has 0 spiro atoms. The molecule has 5 nitrogen and oxygen atoms in total. The molecule has 1 amide bonds. The van der Waals surface area contributed by atoms with Crippen LogP contribution in [0.1, 0.15) is 47.4 Å². The Balaban J connectivity index is 0.000000712. The summed E-state index contributed by atoms with van der Waals surface area (Å²) in [5, 5.41) is 2.25. The van der Waals surface area contributed by atoms with Crippen molar-refractivity contribution >= 4 is 39.2 Å². The first-order valence-electron chi connectivity index (χ1n) is 13.9. The first-order valence-corrected chi connectivity index (χ1v) is 13.9. The lowest BCUT2D eigenvalue weighted by Gasteiger charge is -2.30. The molecule has 0 radical (unpaired) electrons. The second-order valence-corrected chi connectivity index (χ2v) is 10.9. The highest BCUT2D eigenvalue weighted by atomic mass is 16.2. The number of para-hydroxylation sites is 2. The molecule has 0 fully saturated rings. The standard InChI is InChI=1S/C33H27N3O.C3H6O/c1-21-22(2)35-30-18-24(16-17-25(21)30)33(28-19-34-29-14-8-6-12-26(28)29)27-13-7-9-15-31(27)36(32(33)37)20-23-10-4-3-5-11-23;1-3(2)4/h3-19,34-35H,20H2,1-2H3;1-2H3/t33-;/m0./s1. The number of hydrogen-bond donors (Lipinski definition) is 2. The summed E-state index contributed by atoms with van der Waals surface area (Å²) in [6.45, 7) is 7.81. The lowest BCUT2D eigenvalue weighted by atomic mass is 9.70. The summed E-state index contributed by atoms with van der Waals surface area (Å²) in [4.78, 5) is 33.3. The lowest BCUT2D eigenvalue weighted by Crippen LogP contribution is -2.41. The molecule has 2 aromatic heterocycles. The summed E-state index contributed by atoms with van der Waals surface area (Å²) in [5.74, 6) is 0.238. The van der Waals surface area contributed by atoms with E-state index in [9.17, 15) is 9.59 Å². The minimum absolute atomic E-state index is 0.0710. The predicted octanol–water partition coefficient (Wildman–Crippen LogP) is 7.74. The second kappa shape index (κ2) is 10.3. The molecule has 41 heavy (non-hydrogen) atoms. The number of benzene rings is 4. The smallest absolute Gasteiger partial charge is 0.247 e. The Morgan fingerprint density at radius 2 is 1.46 bits per heavy atom. The number of hydrogen-bond acceptors (Lipinski definition) is 2. The topological polar surface area (TPSA) is 69.0 Å². The van der Waals surface area contributed by atoms with Gasteiger partial charge in [0, 0.05) is 50.5 Å². The molecule has 1 atom stereocenters. The van der Waals surface area contributed by atoms with Crippen molar-refractivity contribution < 1.29 is 9.59 Å². The van der Waals surface area contributed by atoms with Gasteiger partial charge < -0.3 is 19.7 Å². The fraction of sp³-hybridized carbons (Fsp3) is 0.167.